The molecular weight excluding hydrogens is 309 g/mol. The van der Waals surface area contributed by atoms with Crippen molar-refractivity contribution >= 4 is 11.8 Å². The number of nitrogens with zero attached hydrogens (tertiary/aromatic N) is 2. The molecule has 1 aromatic carbocycles. The van der Waals surface area contributed by atoms with E-state index in [0.29, 0.717) is 29.9 Å². The number of hydrogen-bond donors (Lipinski definition) is 1. The van der Waals surface area contributed by atoms with Gasteiger partial charge in [-0.3, -0.25) is 0 Å². The summed E-state index contributed by atoms with van der Waals surface area (Å²) in [6, 6.07) is 5.01. The highest BCUT2D eigenvalue weighted by molar-refractivity contribution is 5.68. The fraction of sp³-hybridized carbons (Fsp3) is 0.556. The molecule has 0 spiro atoms. The standard InChI is InChI=1S/C18H24FN3O2/c1-12-15(19)9-13(11-20)10-16(12)21-14-5-7-22(8-6-14)17(23)24-18(2,3)4/h9-10,14,21H,5-8H2,1-4H3. The van der Waals surface area contributed by atoms with Gasteiger partial charge in [-0.15, -0.1) is 0 Å². The summed E-state index contributed by atoms with van der Waals surface area (Å²) in [5, 5.41) is 12.3. The highest BCUT2D eigenvalue weighted by Crippen LogP contribution is 2.24. The van der Waals surface area contributed by atoms with Crippen molar-refractivity contribution < 1.29 is 13.9 Å². The van der Waals surface area contributed by atoms with E-state index in [1.54, 1.807) is 17.9 Å². The van der Waals surface area contributed by atoms with E-state index in [1.807, 2.05) is 26.8 Å². The Morgan fingerprint density at radius 2 is 2.00 bits per heavy atom. The van der Waals surface area contributed by atoms with E-state index in [4.69, 9.17) is 10.00 Å². The van der Waals surface area contributed by atoms with Gasteiger partial charge >= 0.3 is 6.09 Å². The van der Waals surface area contributed by atoms with Gasteiger partial charge in [-0.2, -0.15) is 5.26 Å². The average molecular weight is 333 g/mol. The van der Waals surface area contributed by atoms with Crippen molar-refractivity contribution in [3.63, 3.8) is 0 Å². The van der Waals surface area contributed by atoms with Crippen molar-refractivity contribution in [3.8, 4) is 6.07 Å². The first kappa shape index (κ1) is 18.1. The Morgan fingerprint density at radius 3 is 2.54 bits per heavy atom. The van der Waals surface area contributed by atoms with Crippen LogP contribution >= 0.6 is 0 Å². The van der Waals surface area contributed by atoms with Gasteiger partial charge in [0.25, 0.3) is 0 Å². The van der Waals surface area contributed by atoms with Gasteiger partial charge in [-0.05, 0) is 52.7 Å². The number of nitriles is 1. The molecule has 0 aromatic heterocycles. The zero-order chi connectivity index (χ0) is 17.9. The fourth-order valence-corrected chi connectivity index (χ4v) is 2.65. The minimum Gasteiger partial charge on any atom is -0.444 e. The summed E-state index contributed by atoms with van der Waals surface area (Å²) in [5.41, 5.74) is 0.941. The summed E-state index contributed by atoms with van der Waals surface area (Å²) < 4.78 is 19.2. The molecule has 1 aliphatic heterocycles. The first-order chi connectivity index (χ1) is 11.2. The molecule has 24 heavy (non-hydrogen) atoms. The van der Waals surface area contributed by atoms with Gasteiger partial charge in [0.1, 0.15) is 11.4 Å². The first-order valence-corrected chi connectivity index (χ1v) is 8.14. The Kier molecular flexibility index (Phi) is 5.33. The van der Waals surface area contributed by atoms with Crippen molar-refractivity contribution in [1.29, 1.82) is 5.26 Å². The lowest BCUT2D eigenvalue weighted by Crippen LogP contribution is -2.44. The quantitative estimate of drug-likeness (QED) is 0.893. The molecule has 0 aliphatic carbocycles. The molecule has 0 bridgehead atoms. The van der Waals surface area contributed by atoms with Crippen LogP contribution < -0.4 is 5.32 Å². The molecule has 1 N–H and O–H groups in total. The minimum absolute atomic E-state index is 0.135. The zero-order valence-corrected chi connectivity index (χ0v) is 14.6. The highest BCUT2D eigenvalue weighted by Gasteiger charge is 2.27. The van der Waals surface area contributed by atoms with Crippen molar-refractivity contribution in [2.24, 2.45) is 0 Å². The summed E-state index contributed by atoms with van der Waals surface area (Å²) in [7, 11) is 0. The van der Waals surface area contributed by atoms with Gasteiger partial charge in [-0.25, -0.2) is 9.18 Å². The van der Waals surface area contributed by atoms with Crippen LogP contribution in [0.2, 0.25) is 0 Å². The van der Waals surface area contributed by atoms with Gasteiger partial charge in [-0.1, -0.05) is 0 Å². The molecule has 0 saturated carbocycles. The van der Waals surface area contributed by atoms with Crippen molar-refractivity contribution in [2.75, 3.05) is 18.4 Å². The van der Waals surface area contributed by atoms with E-state index in [2.05, 4.69) is 5.32 Å². The number of anilines is 1. The Morgan fingerprint density at radius 1 is 1.38 bits per heavy atom. The minimum atomic E-state index is -0.501. The van der Waals surface area contributed by atoms with E-state index in [9.17, 15) is 9.18 Å². The average Bonchev–Trinajstić information content (AvgIpc) is 2.50. The number of amides is 1. The third-order valence-electron chi connectivity index (χ3n) is 3.98. The third kappa shape index (κ3) is 4.60. The van der Waals surface area contributed by atoms with Gasteiger partial charge in [0.15, 0.2) is 0 Å². The van der Waals surface area contributed by atoms with Crippen LogP contribution in [0.25, 0.3) is 0 Å². The Hall–Kier alpha value is -2.29. The van der Waals surface area contributed by atoms with Crippen LogP contribution in [0, 0.1) is 24.1 Å². The van der Waals surface area contributed by atoms with Crippen LogP contribution in [0.15, 0.2) is 12.1 Å². The second-order valence-electron chi connectivity index (χ2n) is 7.13. The third-order valence-corrected chi connectivity index (χ3v) is 3.98. The lowest BCUT2D eigenvalue weighted by atomic mass is 10.0. The van der Waals surface area contributed by atoms with Crippen LogP contribution in [0.5, 0.6) is 0 Å². The normalized spacial score (nSPS) is 15.8. The lowest BCUT2D eigenvalue weighted by molar-refractivity contribution is 0.0210. The second kappa shape index (κ2) is 7.08. The highest BCUT2D eigenvalue weighted by atomic mass is 19.1. The SMILES string of the molecule is Cc1c(F)cc(C#N)cc1NC1CCN(C(=O)OC(C)(C)C)CC1. The number of carbonyl (C=O) groups excluding carboxylic acids is 1. The van der Waals surface area contributed by atoms with Crippen LogP contribution in [-0.4, -0.2) is 35.7 Å². The molecule has 1 heterocycles. The molecule has 1 amide bonds. The fourth-order valence-electron chi connectivity index (χ4n) is 2.65. The Balaban J connectivity index is 1.96. The summed E-state index contributed by atoms with van der Waals surface area (Å²) >= 11 is 0. The maximum absolute atomic E-state index is 13.8. The molecule has 130 valence electrons. The maximum Gasteiger partial charge on any atom is 0.410 e. The number of likely N-dealkylation sites (tertiary alicyclic amines) is 1. The van der Waals surface area contributed by atoms with Crippen LogP contribution in [0.4, 0.5) is 14.9 Å². The number of ether oxygens (including phenoxy) is 1. The molecule has 1 aliphatic rings. The Labute approximate surface area is 142 Å². The van der Waals surface area contributed by atoms with Crippen LogP contribution in [0.1, 0.15) is 44.7 Å². The van der Waals surface area contributed by atoms with E-state index < -0.39 is 5.60 Å². The van der Waals surface area contributed by atoms with Gasteiger partial charge in [0, 0.05) is 30.4 Å². The predicted octanol–water partition coefficient (Wildman–Crippen LogP) is 3.82. The topological polar surface area (TPSA) is 65.4 Å². The van der Waals surface area contributed by atoms with Crippen LogP contribution in [-0.2, 0) is 4.74 Å². The molecular formula is C18H24FN3O2. The summed E-state index contributed by atoms with van der Waals surface area (Å²) in [6.07, 6.45) is 1.20. The van der Waals surface area contributed by atoms with Gasteiger partial charge in [0.05, 0.1) is 11.6 Å². The predicted molar refractivity (Wildman–Crippen MR) is 90.3 cm³/mol. The molecule has 2 rings (SSSR count). The largest absolute Gasteiger partial charge is 0.444 e. The van der Waals surface area contributed by atoms with Crippen molar-refractivity contribution in [3.05, 3.63) is 29.1 Å². The summed E-state index contributed by atoms with van der Waals surface area (Å²) in [6.45, 7) is 8.41. The lowest BCUT2D eigenvalue weighted by Gasteiger charge is -2.34. The Bertz CT molecular complexity index is 653. The molecule has 0 atom stereocenters. The van der Waals surface area contributed by atoms with E-state index in [0.717, 1.165) is 12.8 Å². The van der Waals surface area contributed by atoms with Gasteiger partial charge in [0.2, 0.25) is 0 Å². The molecule has 1 fully saturated rings. The maximum atomic E-state index is 13.8. The molecule has 1 aromatic rings. The van der Waals surface area contributed by atoms with E-state index in [-0.39, 0.29) is 18.0 Å². The van der Waals surface area contributed by atoms with Crippen molar-refractivity contribution in [2.45, 2.75) is 52.2 Å². The van der Waals surface area contributed by atoms with Gasteiger partial charge < -0.3 is 15.0 Å². The summed E-state index contributed by atoms with van der Waals surface area (Å²) in [5.74, 6) is -0.386. The zero-order valence-electron chi connectivity index (χ0n) is 14.6. The van der Waals surface area contributed by atoms with Crippen molar-refractivity contribution in [1.82, 2.24) is 4.90 Å². The smallest absolute Gasteiger partial charge is 0.410 e. The van der Waals surface area contributed by atoms with E-state index in [1.165, 1.54) is 6.07 Å². The second-order valence-corrected chi connectivity index (χ2v) is 7.13. The molecule has 0 unspecified atom stereocenters. The number of halogens is 1. The monoisotopic (exact) mass is 333 g/mol. The molecule has 1 saturated heterocycles. The molecule has 6 heteroatoms. The molecule has 0 radical (unpaired) electrons. The number of benzene rings is 1. The summed E-state index contributed by atoms with van der Waals surface area (Å²) in [4.78, 5) is 13.8. The number of carbonyl (C=O) groups is 1. The number of hydrogen-bond acceptors (Lipinski definition) is 4. The number of nitrogens with one attached hydrogen (secondary N) is 1. The van der Waals surface area contributed by atoms with Crippen LogP contribution in [0.3, 0.4) is 0 Å². The molecule has 5 nitrogen and oxygen atoms in total. The first-order valence-electron chi connectivity index (χ1n) is 8.14. The van der Waals surface area contributed by atoms with E-state index >= 15 is 0 Å². The number of rotatable bonds is 2. The number of piperidine rings is 1.